The van der Waals surface area contributed by atoms with E-state index < -0.39 is 6.04 Å². The molecule has 3 heterocycles. The standard InChI is InChI=1S/C22H15ClN2O3S/c1-11-3-5-13(6-4-11)18-17-19(26)15-9-14(23)7-8-16(15)28-20(17)21(27)25(18)22-24-12(2)10-29-22/h3-10,18H,1-2H3. The minimum atomic E-state index is -0.608. The Balaban J connectivity index is 1.83. The fraction of sp³-hybridized carbons (Fsp3) is 0.136. The van der Waals surface area contributed by atoms with Gasteiger partial charge in [0.05, 0.1) is 22.7 Å². The van der Waals surface area contributed by atoms with Crippen LogP contribution in [0.1, 0.15) is 39.0 Å². The molecular weight excluding hydrogens is 408 g/mol. The number of carbonyl (C=O) groups is 1. The van der Waals surface area contributed by atoms with E-state index in [1.165, 1.54) is 11.3 Å². The van der Waals surface area contributed by atoms with Crippen LogP contribution in [-0.2, 0) is 0 Å². The molecule has 2 aromatic carbocycles. The second kappa shape index (κ2) is 6.54. The van der Waals surface area contributed by atoms with Gasteiger partial charge in [0, 0.05) is 10.4 Å². The zero-order chi connectivity index (χ0) is 20.3. The number of benzene rings is 2. The molecule has 4 aromatic rings. The fourth-order valence-electron chi connectivity index (χ4n) is 3.66. The molecule has 1 aliphatic rings. The zero-order valence-electron chi connectivity index (χ0n) is 15.6. The summed E-state index contributed by atoms with van der Waals surface area (Å²) in [5, 5.41) is 3.21. The predicted molar refractivity (Wildman–Crippen MR) is 114 cm³/mol. The highest BCUT2D eigenvalue weighted by molar-refractivity contribution is 7.14. The molecular formula is C22H15ClN2O3S. The van der Waals surface area contributed by atoms with E-state index in [0.717, 1.165) is 16.8 Å². The lowest BCUT2D eigenvalue weighted by Gasteiger charge is -2.22. The average Bonchev–Trinajstić information content (AvgIpc) is 3.25. The van der Waals surface area contributed by atoms with Crippen LogP contribution in [0.25, 0.3) is 11.0 Å². The zero-order valence-corrected chi connectivity index (χ0v) is 17.2. The van der Waals surface area contributed by atoms with E-state index in [2.05, 4.69) is 4.98 Å². The number of fused-ring (bicyclic) bond motifs is 2. The van der Waals surface area contributed by atoms with Crippen molar-refractivity contribution < 1.29 is 9.21 Å². The van der Waals surface area contributed by atoms with Crippen LogP contribution in [0.15, 0.2) is 57.1 Å². The van der Waals surface area contributed by atoms with Gasteiger partial charge >= 0.3 is 0 Å². The van der Waals surface area contributed by atoms with Gasteiger partial charge in [-0.1, -0.05) is 41.4 Å². The number of thiazole rings is 1. The number of aryl methyl sites for hydroxylation is 2. The van der Waals surface area contributed by atoms with Crippen LogP contribution in [0.4, 0.5) is 5.13 Å². The van der Waals surface area contributed by atoms with Crippen LogP contribution in [-0.4, -0.2) is 10.9 Å². The van der Waals surface area contributed by atoms with E-state index in [0.29, 0.717) is 26.7 Å². The lowest BCUT2D eigenvalue weighted by Crippen LogP contribution is -2.29. The van der Waals surface area contributed by atoms with Gasteiger partial charge in [0.1, 0.15) is 5.58 Å². The predicted octanol–water partition coefficient (Wildman–Crippen LogP) is 5.27. The molecule has 29 heavy (non-hydrogen) atoms. The maximum absolute atomic E-state index is 13.4. The summed E-state index contributed by atoms with van der Waals surface area (Å²) in [7, 11) is 0. The number of amides is 1. The summed E-state index contributed by atoms with van der Waals surface area (Å²) >= 11 is 7.47. The van der Waals surface area contributed by atoms with E-state index in [-0.39, 0.29) is 17.1 Å². The van der Waals surface area contributed by atoms with Gasteiger partial charge in [-0.15, -0.1) is 11.3 Å². The third-order valence-electron chi connectivity index (χ3n) is 5.04. The van der Waals surface area contributed by atoms with Crippen LogP contribution in [0.3, 0.4) is 0 Å². The van der Waals surface area contributed by atoms with Gasteiger partial charge in [-0.05, 0) is 37.6 Å². The molecule has 1 aliphatic heterocycles. The summed E-state index contributed by atoms with van der Waals surface area (Å²) in [4.78, 5) is 32.8. The maximum atomic E-state index is 13.4. The molecule has 144 valence electrons. The van der Waals surface area contributed by atoms with Crippen molar-refractivity contribution in [1.82, 2.24) is 4.98 Å². The minimum absolute atomic E-state index is 0.0586. The van der Waals surface area contributed by atoms with Crippen molar-refractivity contribution in [2.75, 3.05) is 4.90 Å². The molecule has 0 spiro atoms. The third kappa shape index (κ3) is 2.79. The summed E-state index contributed by atoms with van der Waals surface area (Å²) in [5.74, 6) is -0.308. The lowest BCUT2D eigenvalue weighted by atomic mass is 9.98. The Morgan fingerprint density at radius 2 is 1.86 bits per heavy atom. The Labute approximate surface area is 175 Å². The van der Waals surface area contributed by atoms with E-state index in [1.807, 2.05) is 43.5 Å². The normalized spacial score (nSPS) is 15.9. The van der Waals surface area contributed by atoms with Crippen molar-refractivity contribution in [1.29, 1.82) is 0 Å². The number of hydrogen-bond donors (Lipinski definition) is 0. The van der Waals surface area contributed by atoms with Crippen molar-refractivity contribution in [2.24, 2.45) is 0 Å². The van der Waals surface area contributed by atoms with Crippen LogP contribution >= 0.6 is 22.9 Å². The first-order valence-electron chi connectivity index (χ1n) is 9.02. The Hall–Kier alpha value is -2.96. The quantitative estimate of drug-likeness (QED) is 0.441. The highest BCUT2D eigenvalue weighted by atomic mass is 35.5. The van der Waals surface area contributed by atoms with E-state index in [9.17, 15) is 9.59 Å². The van der Waals surface area contributed by atoms with Crippen molar-refractivity contribution in [2.45, 2.75) is 19.9 Å². The average molecular weight is 423 g/mol. The number of hydrogen-bond acceptors (Lipinski definition) is 5. The SMILES string of the molecule is Cc1ccc(C2c3c(oc4ccc(Cl)cc4c3=O)C(=O)N2c2nc(C)cs2)cc1. The second-order valence-electron chi connectivity index (χ2n) is 7.07. The largest absolute Gasteiger partial charge is 0.450 e. The monoisotopic (exact) mass is 422 g/mol. The molecule has 0 N–H and O–H groups in total. The summed E-state index contributed by atoms with van der Waals surface area (Å²) < 4.78 is 5.91. The molecule has 0 aliphatic carbocycles. The minimum Gasteiger partial charge on any atom is -0.450 e. The summed E-state index contributed by atoms with van der Waals surface area (Å²) in [6, 6.07) is 12.0. The van der Waals surface area contributed by atoms with Crippen LogP contribution in [0, 0.1) is 13.8 Å². The van der Waals surface area contributed by atoms with Gasteiger partial charge in [0.15, 0.2) is 10.6 Å². The molecule has 7 heteroatoms. The van der Waals surface area contributed by atoms with Crippen molar-refractivity contribution in [3.05, 3.63) is 91.2 Å². The van der Waals surface area contributed by atoms with Gasteiger partial charge in [-0.3, -0.25) is 14.5 Å². The molecule has 0 fully saturated rings. The Morgan fingerprint density at radius 3 is 2.55 bits per heavy atom. The van der Waals surface area contributed by atoms with E-state index in [1.54, 1.807) is 23.1 Å². The molecule has 0 saturated heterocycles. The summed E-state index contributed by atoms with van der Waals surface area (Å²) in [6.45, 7) is 3.86. The molecule has 0 radical (unpaired) electrons. The fourth-order valence-corrected chi connectivity index (χ4v) is 4.66. The summed E-state index contributed by atoms with van der Waals surface area (Å²) in [5.41, 5.74) is 3.13. The molecule has 1 atom stereocenters. The van der Waals surface area contributed by atoms with Gasteiger partial charge in [-0.25, -0.2) is 4.98 Å². The number of anilines is 1. The first-order chi connectivity index (χ1) is 13.9. The van der Waals surface area contributed by atoms with E-state index in [4.69, 9.17) is 16.0 Å². The van der Waals surface area contributed by atoms with E-state index >= 15 is 0 Å². The molecule has 1 unspecified atom stereocenters. The maximum Gasteiger partial charge on any atom is 0.297 e. The van der Waals surface area contributed by atoms with Crippen molar-refractivity contribution >= 4 is 44.9 Å². The van der Waals surface area contributed by atoms with Gasteiger partial charge in [-0.2, -0.15) is 0 Å². The molecule has 5 nitrogen and oxygen atoms in total. The van der Waals surface area contributed by atoms with Gasteiger partial charge in [0.25, 0.3) is 5.91 Å². The summed E-state index contributed by atoms with van der Waals surface area (Å²) in [6.07, 6.45) is 0. The third-order valence-corrected chi connectivity index (χ3v) is 6.23. The molecule has 1 amide bonds. The Bertz CT molecular complexity index is 1340. The topological polar surface area (TPSA) is 63.4 Å². The van der Waals surface area contributed by atoms with Gasteiger partial charge in [0.2, 0.25) is 5.76 Å². The molecule has 0 bridgehead atoms. The number of nitrogens with zero attached hydrogens (tertiary/aromatic N) is 2. The number of aromatic nitrogens is 1. The van der Waals surface area contributed by atoms with Crippen LogP contribution < -0.4 is 10.3 Å². The van der Waals surface area contributed by atoms with Crippen LogP contribution in [0.5, 0.6) is 0 Å². The van der Waals surface area contributed by atoms with Crippen LogP contribution in [0.2, 0.25) is 5.02 Å². The number of halogens is 1. The lowest BCUT2D eigenvalue weighted by molar-refractivity contribution is 0.0971. The Morgan fingerprint density at radius 1 is 1.10 bits per heavy atom. The highest BCUT2D eigenvalue weighted by Crippen LogP contribution is 2.42. The highest BCUT2D eigenvalue weighted by Gasteiger charge is 2.44. The Kier molecular flexibility index (Phi) is 4.08. The first kappa shape index (κ1) is 18.1. The van der Waals surface area contributed by atoms with Crippen molar-refractivity contribution in [3.63, 3.8) is 0 Å². The molecule has 0 saturated carbocycles. The second-order valence-corrected chi connectivity index (χ2v) is 8.35. The van der Waals surface area contributed by atoms with Gasteiger partial charge < -0.3 is 4.42 Å². The number of rotatable bonds is 2. The smallest absolute Gasteiger partial charge is 0.297 e. The number of carbonyl (C=O) groups excluding carboxylic acids is 1. The van der Waals surface area contributed by atoms with Crippen molar-refractivity contribution in [3.8, 4) is 0 Å². The molecule has 5 rings (SSSR count). The first-order valence-corrected chi connectivity index (χ1v) is 10.3. The molecule has 2 aromatic heterocycles.